The molecule has 4 rings (SSSR count). The zero-order chi connectivity index (χ0) is 22.0. The molecule has 1 aromatic carbocycles. The van der Waals surface area contributed by atoms with E-state index in [1.165, 1.54) is 24.0 Å². The van der Waals surface area contributed by atoms with Gasteiger partial charge in [-0.2, -0.15) is 0 Å². The predicted molar refractivity (Wildman–Crippen MR) is 124 cm³/mol. The maximum absolute atomic E-state index is 12.9. The molecule has 3 aliphatic rings. The molecule has 0 aromatic heterocycles. The lowest BCUT2D eigenvalue weighted by atomic mass is 9.95. The molecule has 2 heterocycles. The van der Waals surface area contributed by atoms with Gasteiger partial charge in [-0.3, -0.25) is 14.5 Å². The van der Waals surface area contributed by atoms with Crippen LogP contribution in [-0.4, -0.2) is 59.8 Å². The number of nitrogens with one attached hydrogen (secondary N) is 1. The fourth-order valence-corrected chi connectivity index (χ4v) is 5.83. The topological polar surface area (TPSA) is 52.7 Å². The number of carbonyl (C=O) groups excluding carboxylic acids is 2. The Kier molecular flexibility index (Phi) is 7.35. The number of amides is 1. The van der Waals surface area contributed by atoms with Crippen molar-refractivity contribution in [2.75, 3.05) is 26.2 Å². The number of benzene rings is 1. The molecule has 6 heteroatoms. The van der Waals surface area contributed by atoms with E-state index in [-0.39, 0.29) is 23.8 Å². The molecule has 1 N–H and O–H groups in total. The molecular formula is C25H36ClN3O2. The average molecular weight is 446 g/mol. The molecule has 1 saturated carbocycles. The van der Waals surface area contributed by atoms with Crippen molar-refractivity contribution >= 4 is 23.3 Å². The van der Waals surface area contributed by atoms with Crippen LogP contribution >= 0.6 is 11.6 Å². The summed E-state index contributed by atoms with van der Waals surface area (Å²) in [5.41, 5.74) is 3.41. The molecule has 3 fully saturated rings. The fourth-order valence-electron chi connectivity index (χ4n) is 5.57. The largest absolute Gasteiger partial charge is 0.337 e. The smallest absolute Gasteiger partial charge is 0.226 e. The maximum atomic E-state index is 12.9. The van der Waals surface area contributed by atoms with Crippen molar-refractivity contribution in [2.45, 2.75) is 77.4 Å². The van der Waals surface area contributed by atoms with Gasteiger partial charge in [-0.25, -0.2) is 0 Å². The minimum atomic E-state index is -0.00633. The number of Topliss-reactive ketones (excluding diaryl/α,β-unsaturated/α-hetero) is 1. The van der Waals surface area contributed by atoms with Gasteiger partial charge in [0.25, 0.3) is 0 Å². The minimum absolute atomic E-state index is 0.00633. The molecule has 1 aromatic rings. The van der Waals surface area contributed by atoms with Crippen LogP contribution in [0.3, 0.4) is 0 Å². The van der Waals surface area contributed by atoms with E-state index in [4.69, 9.17) is 11.6 Å². The van der Waals surface area contributed by atoms with Gasteiger partial charge in [0, 0.05) is 49.6 Å². The molecule has 0 radical (unpaired) electrons. The van der Waals surface area contributed by atoms with Crippen LogP contribution in [0.2, 0.25) is 5.02 Å². The van der Waals surface area contributed by atoms with Crippen LogP contribution in [0, 0.1) is 12.8 Å². The van der Waals surface area contributed by atoms with Crippen molar-refractivity contribution in [3.05, 3.63) is 33.8 Å². The first kappa shape index (κ1) is 22.8. The quantitative estimate of drug-likeness (QED) is 0.724. The number of ketones is 1. The summed E-state index contributed by atoms with van der Waals surface area (Å²) in [5.74, 6) is 0.880. The van der Waals surface area contributed by atoms with Crippen molar-refractivity contribution < 1.29 is 9.59 Å². The summed E-state index contributed by atoms with van der Waals surface area (Å²) in [6.07, 6.45) is 6.96. The highest BCUT2D eigenvalue weighted by Crippen LogP contribution is 2.29. The van der Waals surface area contributed by atoms with Crippen LogP contribution in [0.1, 0.15) is 62.1 Å². The van der Waals surface area contributed by atoms with Crippen molar-refractivity contribution in [2.24, 2.45) is 5.92 Å². The highest BCUT2D eigenvalue weighted by molar-refractivity contribution is 6.30. The second-order valence-electron chi connectivity index (χ2n) is 9.74. The zero-order valence-electron chi connectivity index (χ0n) is 19.0. The Labute approximate surface area is 191 Å². The van der Waals surface area contributed by atoms with Crippen LogP contribution in [0.15, 0.2) is 12.1 Å². The van der Waals surface area contributed by atoms with E-state index in [2.05, 4.69) is 29.0 Å². The standard InChI is InChI=1S/C25H36ClN3O2/c1-17-15-28(10-11-29(17)25(31)19-6-3-4-7-19)16-21-13-22(26)12-20(18(21)2)14-24(30)23-8-5-9-27-23/h12-13,17,19,23,27H,3-11,14-16H2,1-2H3/t17-,23-/m0/s1. The Bertz CT molecular complexity index is 815. The molecule has 2 aliphatic heterocycles. The number of hydrogen-bond acceptors (Lipinski definition) is 4. The molecule has 1 aliphatic carbocycles. The van der Waals surface area contributed by atoms with Crippen LogP contribution in [0.5, 0.6) is 0 Å². The van der Waals surface area contributed by atoms with Crippen molar-refractivity contribution in [3.8, 4) is 0 Å². The first-order valence-corrected chi connectivity index (χ1v) is 12.4. The zero-order valence-corrected chi connectivity index (χ0v) is 19.7. The van der Waals surface area contributed by atoms with Gasteiger partial charge in [-0.15, -0.1) is 0 Å². The molecule has 170 valence electrons. The first-order chi connectivity index (χ1) is 14.9. The number of nitrogens with zero attached hydrogens (tertiary/aromatic N) is 2. The first-order valence-electron chi connectivity index (χ1n) is 12.0. The summed E-state index contributed by atoms with van der Waals surface area (Å²) in [7, 11) is 0. The van der Waals surface area contributed by atoms with Gasteiger partial charge < -0.3 is 10.2 Å². The lowest BCUT2D eigenvalue weighted by molar-refractivity contribution is -0.140. The third kappa shape index (κ3) is 5.32. The van der Waals surface area contributed by atoms with Gasteiger partial charge in [0.1, 0.15) is 0 Å². The number of rotatable bonds is 6. The molecule has 0 unspecified atom stereocenters. The van der Waals surface area contributed by atoms with Crippen molar-refractivity contribution in [1.82, 2.24) is 15.1 Å². The van der Waals surface area contributed by atoms with E-state index in [1.54, 1.807) is 0 Å². The predicted octanol–water partition coefficient (Wildman–Crippen LogP) is 3.73. The Balaban J connectivity index is 1.39. The molecule has 1 amide bonds. The normalized spacial score (nSPS) is 25.3. The van der Waals surface area contributed by atoms with E-state index in [9.17, 15) is 9.59 Å². The monoisotopic (exact) mass is 445 g/mol. The minimum Gasteiger partial charge on any atom is -0.337 e. The van der Waals surface area contributed by atoms with Crippen molar-refractivity contribution in [1.29, 1.82) is 0 Å². The van der Waals surface area contributed by atoms with Crippen LogP contribution < -0.4 is 5.32 Å². The Hall–Kier alpha value is -1.43. The third-order valence-electron chi connectivity index (χ3n) is 7.49. The summed E-state index contributed by atoms with van der Waals surface area (Å²) in [6.45, 7) is 8.59. The maximum Gasteiger partial charge on any atom is 0.226 e. The SMILES string of the molecule is Cc1c(CC(=O)[C@@H]2CCCN2)cc(Cl)cc1CN1CCN(C(=O)C2CCCC2)[C@@H](C)C1. The van der Waals surface area contributed by atoms with E-state index in [0.717, 1.165) is 64.0 Å². The van der Waals surface area contributed by atoms with Gasteiger partial charge in [-0.05, 0) is 74.9 Å². The van der Waals surface area contributed by atoms with Crippen molar-refractivity contribution in [3.63, 3.8) is 0 Å². The third-order valence-corrected chi connectivity index (χ3v) is 7.71. The highest BCUT2D eigenvalue weighted by atomic mass is 35.5. The molecule has 0 spiro atoms. The second kappa shape index (κ2) is 10.0. The summed E-state index contributed by atoms with van der Waals surface area (Å²) in [5, 5.41) is 4.01. The Morgan fingerprint density at radius 3 is 2.52 bits per heavy atom. The number of piperazine rings is 1. The molecular weight excluding hydrogens is 410 g/mol. The van der Waals surface area contributed by atoms with Crippen LogP contribution in [0.25, 0.3) is 0 Å². The summed E-state index contributed by atoms with van der Waals surface area (Å²) >= 11 is 6.45. The van der Waals surface area contributed by atoms with Gasteiger partial charge in [-0.1, -0.05) is 24.4 Å². The lowest BCUT2D eigenvalue weighted by Gasteiger charge is -2.41. The van der Waals surface area contributed by atoms with Gasteiger partial charge in [0.2, 0.25) is 5.91 Å². The fraction of sp³-hybridized carbons (Fsp3) is 0.680. The lowest BCUT2D eigenvalue weighted by Crippen LogP contribution is -2.54. The Morgan fingerprint density at radius 2 is 1.84 bits per heavy atom. The molecule has 2 atom stereocenters. The summed E-state index contributed by atoms with van der Waals surface area (Å²) in [4.78, 5) is 30.1. The van der Waals surface area contributed by atoms with Crippen LogP contribution in [0.4, 0.5) is 0 Å². The average Bonchev–Trinajstić information content (AvgIpc) is 3.45. The van der Waals surface area contributed by atoms with Gasteiger partial charge in [0.15, 0.2) is 5.78 Å². The Morgan fingerprint density at radius 1 is 1.10 bits per heavy atom. The van der Waals surface area contributed by atoms with E-state index >= 15 is 0 Å². The second-order valence-corrected chi connectivity index (χ2v) is 10.2. The summed E-state index contributed by atoms with van der Waals surface area (Å²) in [6, 6.07) is 4.22. The van der Waals surface area contributed by atoms with E-state index < -0.39 is 0 Å². The van der Waals surface area contributed by atoms with Crippen LogP contribution in [-0.2, 0) is 22.6 Å². The van der Waals surface area contributed by atoms with E-state index in [1.807, 2.05) is 12.1 Å². The molecule has 0 bridgehead atoms. The molecule has 31 heavy (non-hydrogen) atoms. The van der Waals surface area contributed by atoms with Gasteiger partial charge in [0.05, 0.1) is 6.04 Å². The number of hydrogen-bond donors (Lipinski definition) is 1. The number of carbonyl (C=O) groups is 2. The molecule has 2 saturated heterocycles. The highest BCUT2D eigenvalue weighted by Gasteiger charge is 2.33. The molecule has 5 nitrogen and oxygen atoms in total. The van der Waals surface area contributed by atoms with Gasteiger partial charge >= 0.3 is 0 Å². The summed E-state index contributed by atoms with van der Waals surface area (Å²) < 4.78 is 0. The van der Waals surface area contributed by atoms with E-state index in [0.29, 0.717) is 17.4 Å². The number of halogens is 1.